The number of fused-ring (bicyclic) bond motifs is 13. The van der Waals surface area contributed by atoms with Crippen molar-refractivity contribution in [1.82, 2.24) is 4.57 Å². The third-order valence-electron chi connectivity index (χ3n) is 11.3. The van der Waals surface area contributed by atoms with Gasteiger partial charge in [0.25, 0.3) is 6.71 Å². The topological polar surface area (TPSA) is 23.4 Å². The smallest absolute Gasteiger partial charge is 0.260 e. The van der Waals surface area contributed by atoms with Gasteiger partial charge in [0.05, 0.1) is 16.7 Å². The molecule has 10 aromatic rings. The van der Waals surface area contributed by atoms with Crippen molar-refractivity contribution in [3.8, 4) is 39.8 Å². The van der Waals surface area contributed by atoms with Crippen molar-refractivity contribution in [2.24, 2.45) is 0 Å². The average molecular weight is 662 g/mol. The molecule has 240 valence electrons. The minimum atomic E-state index is 0.0335. The summed E-state index contributed by atoms with van der Waals surface area (Å²) in [6.45, 7) is 0.0335. The molecule has 0 spiro atoms. The van der Waals surface area contributed by atoms with E-state index in [-0.39, 0.29) is 6.71 Å². The average Bonchev–Trinajstić information content (AvgIpc) is 3.55. The van der Waals surface area contributed by atoms with Crippen LogP contribution in [0.2, 0.25) is 0 Å². The molecule has 1 aromatic heterocycles. The van der Waals surface area contributed by atoms with Gasteiger partial charge in [0, 0.05) is 33.9 Å². The highest BCUT2D eigenvalue weighted by Gasteiger charge is 2.40. The molecule has 0 bridgehead atoms. The van der Waals surface area contributed by atoms with Gasteiger partial charge >= 0.3 is 0 Å². The summed E-state index contributed by atoms with van der Waals surface area (Å²) in [5.74, 6) is 3.44. The van der Waals surface area contributed by atoms with E-state index < -0.39 is 0 Å². The van der Waals surface area contributed by atoms with Crippen LogP contribution in [0.4, 0.5) is 0 Å². The first-order valence-corrected chi connectivity index (χ1v) is 17.9. The molecular formula is C48H28BNO2. The lowest BCUT2D eigenvalue weighted by molar-refractivity contribution is 0.464. The Morgan fingerprint density at radius 2 is 0.904 bits per heavy atom. The number of hydrogen-bond donors (Lipinski definition) is 0. The third-order valence-corrected chi connectivity index (χ3v) is 11.3. The van der Waals surface area contributed by atoms with E-state index in [1.54, 1.807) is 0 Å². The molecule has 0 N–H and O–H groups in total. The monoisotopic (exact) mass is 661 g/mol. The number of rotatable bonds is 2. The molecule has 52 heavy (non-hydrogen) atoms. The van der Waals surface area contributed by atoms with E-state index in [2.05, 4.69) is 174 Å². The molecular weight excluding hydrogens is 633 g/mol. The minimum absolute atomic E-state index is 0.0335. The highest BCUT2D eigenvalue weighted by molar-refractivity contribution is 6.98. The molecule has 3 nitrogen and oxygen atoms in total. The Balaban J connectivity index is 1.14. The Kier molecular flexibility index (Phi) is 5.58. The van der Waals surface area contributed by atoms with Crippen LogP contribution < -0.4 is 25.9 Å². The van der Waals surface area contributed by atoms with Crippen LogP contribution in [-0.4, -0.2) is 11.3 Å². The van der Waals surface area contributed by atoms with Gasteiger partial charge in [0.1, 0.15) is 23.0 Å². The standard InChI is InChI=1S/C48H28BNO2/c1-2-14-34-32(12-1)33-13-3-4-15-35(33)39-26-29(24-25-36(34)39)31-17-11-18-38-37-16-5-8-21-42(37)50(48(31)38)30-27-45-47-46(28-30)52-44-23-10-7-20-41(44)49(47)40-19-6-9-22-43(40)51-45/h1-28H. The lowest BCUT2D eigenvalue weighted by Gasteiger charge is -2.33. The van der Waals surface area contributed by atoms with E-state index in [4.69, 9.17) is 9.47 Å². The Morgan fingerprint density at radius 1 is 0.385 bits per heavy atom. The van der Waals surface area contributed by atoms with Crippen molar-refractivity contribution in [2.75, 3.05) is 0 Å². The van der Waals surface area contributed by atoms with Crippen molar-refractivity contribution in [3.05, 3.63) is 170 Å². The number of benzene rings is 9. The number of aromatic nitrogens is 1. The van der Waals surface area contributed by atoms with E-state index in [0.717, 1.165) is 56.1 Å². The zero-order chi connectivity index (χ0) is 33.9. The molecule has 2 aliphatic heterocycles. The fourth-order valence-corrected chi connectivity index (χ4v) is 9.10. The summed E-state index contributed by atoms with van der Waals surface area (Å²) in [6.07, 6.45) is 0. The molecule has 12 rings (SSSR count). The first kappa shape index (κ1) is 28.0. The van der Waals surface area contributed by atoms with Crippen LogP contribution in [0.25, 0.3) is 70.9 Å². The Bertz CT molecular complexity index is 3050. The van der Waals surface area contributed by atoms with Crippen LogP contribution >= 0.6 is 0 Å². The second-order valence-corrected chi connectivity index (χ2v) is 14.0. The maximum Gasteiger partial charge on any atom is 0.260 e. The molecule has 0 fully saturated rings. The molecule has 0 radical (unpaired) electrons. The Hall–Kier alpha value is -6.78. The number of para-hydroxylation sites is 4. The summed E-state index contributed by atoms with van der Waals surface area (Å²) in [5.41, 5.74) is 9.05. The van der Waals surface area contributed by atoms with Crippen molar-refractivity contribution in [3.63, 3.8) is 0 Å². The van der Waals surface area contributed by atoms with Gasteiger partial charge in [-0.2, -0.15) is 0 Å². The molecule has 0 atom stereocenters. The Morgan fingerprint density at radius 3 is 1.56 bits per heavy atom. The van der Waals surface area contributed by atoms with E-state index in [1.807, 2.05) is 0 Å². The predicted molar refractivity (Wildman–Crippen MR) is 216 cm³/mol. The maximum atomic E-state index is 6.75. The zero-order valence-electron chi connectivity index (χ0n) is 28.0. The SMILES string of the molecule is c1ccc2c(c1)Oc1cc(-n3c4ccccc4c4cccc(-c5ccc6c7ccccc7c7ccccc7c6c5)c43)cc3c1B2c1ccccc1O3. The third kappa shape index (κ3) is 3.76. The van der Waals surface area contributed by atoms with Gasteiger partial charge in [-0.25, -0.2) is 0 Å². The summed E-state index contributed by atoms with van der Waals surface area (Å²) in [5, 5.41) is 10.0. The van der Waals surface area contributed by atoms with Crippen LogP contribution in [0.3, 0.4) is 0 Å². The van der Waals surface area contributed by atoms with E-state index >= 15 is 0 Å². The lowest BCUT2D eigenvalue weighted by Crippen LogP contribution is -2.57. The summed E-state index contributed by atoms with van der Waals surface area (Å²) in [7, 11) is 0. The lowest BCUT2D eigenvalue weighted by atomic mass is 9.35. The predicted octanol–water partition coefficient (Wildman–Crippen LogP) is 10.6. The molecule has 9 aromatic carbocycles. The van der Waals surface area contributed by atoms with Gasteiger partial charge in [0.15, 0.2) is 0 Å². The van der Waals surface area contributed by atoms with Crippen LogP contribution in [0.15, 0.2) is 170 Å². The molecule has 2 aliphatic rings. The largest absolute Gasteiger partial charge is 0.458 e. The van der Waals surface area contributed by atoms with Gasteiger partial charge in [-0.05, 0) is 73.1 Å². The van der Waals surface area contributed by atoms with Crippen LogP contribution in [0.1, 0.15) is 0 Å². The first-order valence-electron chi connectivity index (χ1n) is 17.9. The highest BCUT2D eigenvalue weighted by Crippen LogP contribution is 2.43. The van der Waals surface area contributed by atoms with Gasteiger partial charge in [-0.3, -0.25) is 0 Å². The van der Waals surface area contributed by atoms with Crippen LogP contribution in [-0.2, 0) is 0 Å². The van der Waals surface area contributed by atoms with Gasteiger partial charge in [-0.15, -0.1) is 0 Å². The molecule has 3 heterocycles. The van der Waals surface area contributed by atoms with Crippen molar-refractivity contribution >= 4 is 77.2 Å². The fourth-order valence-electron chi connectivity index (χ4n) is 9.10. The summed E-state index contributed by atoms with van der Waals surface area (Å²) < 4.78 is 15.9. The summed E-state index contributed by atoms with van der Waals surface area (Å²) >= 11 is 0. The summed E-state index contributed by atoms with van der Waals surface area (Å²) in [4.78, 5) is 0. The second-order valence-electron chi connectivity index (χ2n) is 14.0. The Labute approximate surface area is 300 Å². The normalized spacial score (nSPS) is 12.9. The maximum absolute atomic E-state index is 6.75. The quantitative estimate of drug-likeness (QED) is 0.136. The van der Waals surface area contributed by atoms with E-state index in [9.17, 15) is 0 Å². The summed E-state index contributed by atoms with van der Waals surface area (Å²) in [6, 6.07) is 61.2. The molecule has 0 aliphatic carbocycles. The molecule has 0 amide bonds. The van der Waals surface area contributed by atoms with Crippen molar-refractivity contribution in [2.45, 2.75) is 0 Å². The van der Waals surface area contributed by atoms with Gasteiger partial charge < -0.3 is 14.0 Å². The number of ether oxygens (including phenoxy) is 2. The van der Waals surface area contributed by atoms with Crippen LogP contribution in [0, 0.1) is 0 Å². The molecule has 0 unspecified atom stereocenters. The molecule has 0 saturated heterocycles. The van der Waals surface area contributed by atoms with Gasteiger partial charge in [-0.1, -0.05) is 133 Å². The number of hydrogen-bond acceptors (Lipinski definition) is 2. The zero-order valence-corrected chi connectivity index (χ0v) is 28.0. The van der Waals surface area contributed by atoms with E-state index in [0.29, 0.717) is 0 Å². The first-order chi connectivity index (χ1) is 25.8. The molecule has 0 saturated carbocycles. The van der Waals surface area contributed by atoms with Crippen LogP contribution in [0.5, 0.6) is 23.0 Å². The molecule has 4 heteroatoms. The van der Waals surface area contributed by atoms with Crippen molar-refractivity contribution in [1.29, 1.82) is 0 Å². The minimum Gasteiger partial charge on any atom is -0.458 e. The highest BCUT2D eigenvalue weighted by atomic mass is 16.5. The fraction of sp³-hybridized carbons (Fsp3) is 0. The van der Waals surface area contributed by atoms with E-state index in [1.165, 1.54) is 54.2 Å². The van der Waals surface area contributed by atoms with Crippen molar-refractivity contribution < 1.29 is 9.47 Å². The second kappa shape index (κ2) is 10.4. The number of nitrogens with zero attached hydrogens (tertiary/aromatic N) is 1. The van der Waals surface area contributed by atoms with Gasteiger partial charge in [0.2, 0.25) is 0 Å².